The van der Waals surface area contributed by atoms with Crippen LogP contribution in [0.1, 0.15) is 111 Å². The molecule has 0 spiro atoms. The van der Waals surface area contributed by atoms with Crippen molar-refractivity contribution in [2.45, 2.75) is 124 Å². The molecule has 0 unspecified atom stereocenters. The Morgan fingerprint density at radius 2 is 1.12 bits per heavy atom. The molecule has 0 saturated carbocycles. The molecule has 0 atom stereocenters. The van der Waals surface area contributed by atoms with Crippen molar-refractivity contribution < 1.29 is 9.53 Å². The van der Waals surface area contributed by atoms with E-state index in [0.717, 1.165) is 13.0 Å². The first-order valence-electron chi connectivity index (χ1n) is 11.2. The molecule has 26 heavy (non-hydrogen) atoms. The van der Waals surface area contributed by atoms with Crippen molar-refractivity contribution in [3.05, 3.63) is 0 Å². The summed E-state index contributed by atoms with van der Waals surface area (Å²) >= 11 is -1.25. The van der Waals surface area contributed by atoms with Crippen molar-refractivity contribution in [1.82, 2.24) is 0 Å². The van der Waals surface area contributed by atoms with Gasteiger partial charge < -0.3 is 0 Å². The molecule has 0 aliphatic rings. The largest absolute Gasteiger partial charge is 0.147 e. The van der Waals surface area contributed by atoms with Gasteiger partial charge in [0.25, 0.3) is 0 Å². The molecule has 0 aliphatic heterocycles. The zero-order valence-corrected chi connectivity index (χ0v) is 21.6. The molecule has 0 aliphatic carbocycles. The fraction of sp³-hybridized carbons (Fsp3) is 0.955. The summed E-state index contributed by atoms with van der Waals surface area (Å²) in [5, 5.41) is 0. The van der Waals surface area contributed by atoms with Crippen LogP contribution in [-0.4, -0.2) is 32.3 Å². The first kappa shape index (κ1) is 28.8. The van der Waals surface area contributed by atoms with Crippen LogP contribution in [0.5, 0.6) is 0 Å². The Balaban J connectivity index is 0. The van der Waals surface area contributed by atoms with Gasteiger partial charge in [0.05, 0.1) is 0 Å². The van der Waals surface area contributed by atoms with Gasteiger partial charge in [-0.25, -0.2) is 0 Å². The average molecular weight is 497 g/mol. The van der Waals surface area contributed by atoms with Crippen molar-refractivity contribution in [2.75, 3.05) is 6.61 Å². The Morgan fingerprint density at radius 1 is 0.654 bits per heavy atom. The van der Waals surface area contributed by atoms with Crippen molar-refractivity contribution in [3.8, 4) is 0 Å². The van der Waals surface area contributed by atoms with E-state index in [1.165, 1.54) is 90.4 Å². The number of esters is 1. The summed E-state index contributed by atoms with van der Waals surface area (Å²) in [5.74, 6) is 0.0525. The molecular weight excluding hydrogens is 450 g/mol. The van der Waals surface area contributed by atoms with Crippen LogP contribution in [-0.2, 0) is 9.53 Å². The van der Waals surface area contributed by atoms with Crippen LogP contribution in [0.25, 0.3) is 0 Å². The number of unbranched alkanes of at least 4 members (excludes halogenated alkanes) is 10. The SMILES string of the molecule is CCCCCCCCCCCC(=O)OC[CH2][Sn]([CH2]CCC)[CH2]CCC.Cl. The molecule has 157 valence electrons. The van der Waals surface area contributed by atoms with E-state index < -0.39 is 19.8 Å². The molecule has 0 aromatic rings. The van der Waals surface area contributed by atoms with E-state index >= 15 is 0 Å². The number of halogens is 1. The van der Waals surface area contributed by atoms with Crippen molar-refractivity contribution in [3.63, 3.8) is 0 Å². The van der Waals surface area contributed by atoms with Gasteiger partial charge in [-0.2, -0.15) is 0 Å². The number of hydrogen-bond donors (Lipinski definition) is 0. The van der Waals surface area contributed by atoms with Crippen LogP contribution in [0, 0.1) is 0 Å². The Labute approximate surface area is 177 Å². The van der Waals surface area contributed by atoms with Crippen LogP contribution < -0.4 is 0 Å². The maximum atomic E-state index is 11.9. The van der Waals surface area contributed by atoms with E-state index in [1.807, 2.05) is 0 Å². The standard InChI is InChI=1S/C14H27O2.2C4H9.ClH.Sn/c1-3-5-6-7-8-9-10-11-12-13-14(15)16-4-2;2*1-3-4-2;;/h2-13H2,1H3;2*1,3-4H2,2H3;1H;. The number of carbonyl (C=O) groups excluding carboxylic acids is 1. The van der Waals surface area contributed by atoms with E-state index in [0.29, 0.717) is 6.42 Å². The van der Waals surface area contributed by atoms with Crippen molar-refractivity contribution >= 4 is 38.1 Å². The number of rotatable bonds is 19. The molecule has 0 N–H and O–H groups in total. The van der Waals surface area contributed by atoms with E-state index in [-0.39, 0.29) is 18.4 Å². The third-order valence-corrected chi connectivity index (χ3v) is 13.6. The second-order valence-corrected chi connectivity index (χ2v) is 16.1. The monoisotopic (exact) mass is 497 g/mol. The number of hydrogen-bond acceptors (Lipinski definition) is 2. The average Bonchev–Trinajstić information content (AvgIpc) is 2.62. The Morgan fingerprint density at radius 3 is 1.62 bits per heavy atom. The maximum absolute atomic E-state index is 11.9. The second-order valence-electron chi connectivity index (χ2n) is 7.51. The zero-order chi connectivity index (χ0) is 18.6. The van der Waals surface area contributed by atoms with Gasteiger partial charge >= 0.3 is 146 Å². The molecular formula is C22H46ClO2Sn. The van der Waals surface area contributed by atoms with Gasteiger partial charge in [-0.3, -0.25) is 0 Å². The Kier molecular flexibility index (Phi) is 26.1. The summed E-state index contributed by atoms with van der Waals surface area (Å²) in [6.45, 7) is 7.55. The van der Waals surface area contributed by atoms with E-state index in [4.69, 9.17) is 4.74 Å². The van der Waals surface area contributed by atoms with Gasteiger partial charge in [-0.1, -0.05) is 19.8 Å². The quantitative estimate of drug-likeness (QED) is 0.103. The predicted molar refractivity (Wildman–Crippen MR) is 120 cm³/mol. The molecule has 0 heterocycles. The van der Waals surface area contributed by atoms with Crippen molar-refractivity contribution in [2.24, 2.45) is 0 Å². The molecule has 0 fully saturated rings. The van der Waals surface area contributed by atoms with Gasteiger partial charge in [0.15, 0.2) is 0 Å². The molecule has 0 saturated heterocycles. The minimum absolute atomic E-state index is 0. The number of ether oxygens (including phenoxy) is 1. The van der Waals surface area contributed by atoms with E-state index in [9.17, 15) is 4.79 Å². The van der Waals surface area contributed by atoms with Crippen LogP contribution in [0.4, 0.5) is 0 Å². The topological polar surface area (TPSA) is 26.3 Å². The third kappa shape index (κ3) is 20.9. The minimum atomic E-state index is -1.25. The van der Waals surface area contributed by atoms with Gasteiger partial charge in [-0.05, 0) is 0 Å². The predicted octanol–water partition coefficient (Wildman–Crippen LogP) is 7.97. The summed E-state index contributed by atoms with van der Waals surface area (Å²) in [7, 11) is 0. The van der Waals surface area contributed by atoms with Crippen LogP contribution >= 0.6 is 12.4 Å². The Hall–Kier alpha value is 0.559. The fourth-order valence-electron chi connectivity index (χ4n) is 3.19. The summed E-state index contributed by atoms with van der Waals surface area (Å²) in [6, 6.07) is 0. The molecule has 0 bridgehead atoms. The molecule has 0 rings (SSSR count). The molecule has 0 aromatic heterocycles. The molecule has 0 amide bonds. The van der Waals surface area contributed by atoms with Gasteiger partial charge in [0.2, 0.25) is 0 Å². The normalized spacial score (nSPS) is 10.8. The summed E-state index contributed by atoms with van der Waals surface area (Å²) in [6.07, 6.45) is 17.7. The number of carbonyl (C=O) groups is 1. The molecule has 4 heteroatoms. The first-order chi connectivity index (χ1) is 12.2. The van der Waals surface area contributed by atoms with Crippen LogP contribution in [0.2, 0.25) is 13.3 Å². The minimum Gasteiger partial charge on any atom is -0.147 e. The molecule has 2 nitrogen and oxygen atoms in total. The summed E-state index contributed by atoms with van der Waals surface area (Å²) in [4.78, 5) is 11.9. The van der Waals surface area contributed by atoms with Crippen molar-refractivity contribution in [1.29, 1.82) is 0 Å². The first-order valence-corrected chi connectivity index (χ1v) is 17.3. The van der Waals surface area contributed by atoms with E-state index in [2.05, 4.69) is 20.8 Å². The molecule has 0 aromatic carbocycles. The smallest absolute Gasteiger partial charge is 0.147 e. The van der Waals surface area contributed by atoms with E-state index in [1.54, 1.807) is 0 Å². The summed E-state index contributed by atoms with van der Waals surface area (Å²) < 4.78 is 9.76. The van der Waals surface area contributed by atoms with Crippen LogP contribution in [0.15, 0.2) is 0 Å². The Bertz CT molecular complexity index is 279. The van der Waals surface area contributed by atoms with Gasteiger partial charge in [0.1, 0.15) is 0 Å². The third-order valence-electron chi connectivity index (χ3n) is 4.97. The zero-order valence-electron chi connectivity index (χ0n) is 18.0. The van der Waals surface area contributed by atoms with Gasteiger partial charge in [0, 0.05) is 0 Å². The second kappa shape index (κ2) is 23.6. The van der Waals surface area contributed by atoms with Gasteiger partial charge in [-0.15, -0.1) is 12.4 Å². The fourth-order valence-corrected chi connectivity index (χ4v) is 11.3. The maximum Gasteiger partial charge on any atom is -0.147 e. The summed E-state index contributed by atoms with van der Waals surface area (Å²) in [5.41, 5.74) is 0. The molecule has 1 radical (unpaired) electrons. The van der Waals surface area contributed by atoms with Crippen LogP contribution in [0.3, 0.4) is 0 Å².